The summed E-state index contributed by atoms with van der Waals surface area (Å²) in [6, 6.07) is 14.7. The molecular weight excluding hydrogens is 248 g/mol. The zero-order chi connectivity index (χ0) is 14.5. The molecule has 0 aliphatic heterocycles. The van der Waals surface area contributed by atoms with Crippen LogP contribution >= 0.6 is 0 Å². The van der Waals surface area contributed by atoms with Gasteiger partial charge in [0.05, 0.1) is 7.11 Å². The molecule has 0 saturated heterocycles. The molecule has 0 bridgehead atoms. The molecule has 0 fully saturated rings. The first-order valence-corrected chi connectivity index (χ1v) is 6.75. The number of ether oxygens (including phenoxy) is 1. The van der Waals surface area contributed by atoms with E-state index in [4.69, 9.17) is 4.74 Å². The quantitative estimate of drug-likeness (QED) is 0.897. The molecule has 2 rings (SSSR count). The van der Waals surface area contributed by atoms with E-state index in [0.29, 0.717) is 0 Å². The zero-order valence-corrected chi connectivity index (χ0v) is 12.6. The molecule has 1 N–H and O–H groups in total. The van der Waals surface area contributed by atoms with Crippen molar-refractivity contribution >= 4 is 11.4 Å². The summed E-state index contributed by atoms with van der Waals surface area (Å²) in [6.45, 7) is 2.87. The van der Waals surface area contributed by atoms with Gasteiger partial charge in [0.25, 0.3) is 0 Å². The molecule has 3 nitrogen and oxygen atoms in total. The average Bonchev–Trinajstić information content (AvgIpc) is 2.45. The standard InChI is InChI=1S/C17H22N2O/c1-13-10-14(8-9-17(13)20-4)12-18-15-6-5-7-16(11-15)19(2)3/h5-11,18H,12H2,1-4H3. The van der Waals surface area contributed by atoms with Crippen molar-refractivity contribution in [2.75, 3.05) is 31.4 Å². The molecule has 0 aliphatic rings. The first-order valence-electron chi connectivity index (χ1n) is 6.75. The highest BCUT2D eigenvalue weighted by molar-refractivity contribution is 5.57. The maximum atomic E-state index is 5.28. The summed E-state index contributed by atoms with van der Waals surface area (Å²) in [7, 11) is 5.80. The van der Waals surface area contributed by atoms with E-state index in [9.17, 15) is 0 Å². The number of hydrogen-bond acceptors (Lipinski definition) is 3. The number of benzene rings is 2. The van der Waals surface area contributed by atoms with Crippen LogP contribution in [0.2, 0.25) is 0 Å². The molecule has 2 aromatic carbocycles. The second-order valence-corrected chi connectivity index (χ2v) is 5.10. The van der Waals surface area contributed by atoms with Gasteiger partial charge in [-0.15, -0.1) is 0 Å². The summed E-state index contributed by atoms with van der Waals surface area (Å²) in [6.07, 6.45) is 0. The van der Waals surface area contributed by atoms with E-state index in [1.807, 2.05) is 20.2 Å². The van der Waals surface area contributed by atoms with Crippen molar-refractivity contribution < 1.29 is 4.74 Å². The van der Waals surface area contributed by atoms with Crippen LogP contribution in [0, 0.1) is 6.92 Å². The monoisotopic (exact) mass is 270 g/mol. The molecule has 106 valence electrons. The third-order valence-electron chi connectivity index (χ3n) is 3.32. The van der Waals surface area contributed by atoms with Crippen molar-refractivity contribution in [3.63, 3.8) is 0 Å². The van der Waals surface area contributed by atoms with Crippen LogP contribution in [0.15, 0.2) is 42.5 Å². The molecule has 0 saturated carbocycles. The summed E-state index contributed by atoms with van der Waals surface area (Å²) in [5, 5.41) is 3.45. The highest BCUT2D eigenvalue weighted by Crippen LogP contribution is 2.21. The second kappa shape index (κ2) is 6.33. The van der Waals surface area contributed by atoms with Crippen LogP contribution in [0.5, 0.6) is 5.75 Å². The Morgan fingerprint density at radius 3 is 2.55 bits per heavy atom. The molecule has 20 heavy (non-hydrogen) atoms. The van der Waals surface area contributed by atoms with Crippen LogP contribution < -0.4 is 15.0 Å². The van der Waals surface area contributed by atoms with Gasteiger partial charge in [0.2, 0.25) is 0 Å². The topological polar surface area (TPSA) is 24.5 Å². The lowest BCUT2D eigenvalue weighted by Gasteiger charge is -2.15. The van der Waals surface area contributed by atoms with E-state index in [0.717, 1.165) is 23.5 Å². The summed E-state index contributed by atoms with van der Waals surface area (Å²) in [5.41, 5.74) is 4.73. The lowest BCUT2D eigenvalue weighted by atomic mass is 10.1. The number of rotatable bonds is 5. The first-order chi connectivity index (χ1) is 9.60. The van der Waals surface area contributed by atoms with Gasteiger partial charge in [-0.05, 0) is 42.3 Å². The highest BCUT2D eigenvalue weighted by atomic mass is 16.5. The normalized spacial score (nSPS) is 10.2. The maximum absolute atomic E-state index is 5.28. The molecule has 0 aromatic heterocycles. The minimum absolute atomic E-state index is 0.807. The van der Waals surface area contributed by atoms with E-state index in [-0.39, 0.29) is 0 Å². The average molecular weight is 270 g/mol. The third-order valence-corrected chi connectivity index (χ3v) is 3.32. The molecule has 0 radical (unpaired) electrons. The van der Waals surface area contributed by atoms with Crippen molar-refractivity contribution in [2.24, 2.45) is 0 Å². The number of nitrogens with one attached hydrogen (secondary N) is 1. The van der Waals surface area contributed by atoms with E-state index < -0.39 is 0 Å². The number of hydrogen-bond donors (Lipinski definition) is 1. The third kappa shape index (κ3) is 3.44. The minimum atomic E-state index is 0.807. The van der Waals surface area contributed by atoms with Crippen LogP contribution in [0.1, 0.15) is 11.1 Å². The van der Waals surface area contributed by atoms with Gasteiger partial charge in [-0.2, -0.15) is 0 Å². The summed E-state index contributed by atoms with van der Waals surface area (Å²) in [5.74, 6) is 0.934. The van der Waals surface area contributed by atoms with Gasteiger partial charge < -0.3 is 15.0 Å². The van der Waals surface area contributed by atoms with E-state index in [1.54, 1.807) is 7.11 Å². The van der Waals surface area contributed by atoms with E-state index in [1.165, 1.54) is 11.3 Å². The van der Waals surface area contributed by atoms with Gasteiger partial charge in [-0.3, -0.25) is 0 Å². The van der Waals surface area contributed by atoms with Gasteiger partial charge >= 0.3 is 0 Å². The predicted octanol–water partition coefficient (Wildman–Crippen LogP) is 3.68. The molecule has 3 heteroatoms. The Hall–Kier alpha value is -2.16. The van der Waals surface area contributed by atoms with Crippen molar-refractivity contribution in [1.82, 2.24) is 0 Å². The van der Waals surface area contributed by atoms with E-state index >= 15 is 0 Å². The Labute approximate surface area is 121 Å². The Kier molecular flexibility index (Phi) is 4.51. The van der Waals surface area contributed by atoms with Gasteiger partial charge in [0.15, 0.2) is 0 Å². The minimum Gasteiger partial charge on any atom is -0.496 e. The van der Waals surface area contributed by atoms with Crippen LogP contribution in [0.25, 0.3) is 0 Å². The van der Waals surface area contributed by atoms with Crippen LogP contribution in [0.4, 0.5) is 11.4 Å². The Bertz CT molecular complexity index is 579. The molecule has 0 amide bonds. The van der Waals surface area contributed by atoms with Crippen molar-refractivity contribution in [3.8, 4) is 5.75 Å². The smallest absolute Gasteiger partial charge is 0.121 e. The number of aryl methyl sites for hydroxylation is 1. The lowest BCUT2D eigenvalue weighted by molar-refractivity contribution is 0.411. The predicted molar refractivity (Wildman–Crippen MR) is 85.8 cm³/mol. The number of methoxy groups -OCH3 is 1. The van der Waals surface area contributed by atoms with Gasteiger partial charge in [0.1, 0.15) is 5.75 Å². The molecule has 0 atom stereocenters. The SMILES string of the molecule is COc1ccc(CNc2cccc(N(C)C)c2)cc1C. The molecular formula is C17H22N2O. The number of anilines is 2. The van der Waals surface area contributed by atoms with E-state index in [2.05, 4.69) is 53.5 Å². The summed E-state index contributed by atoms with van der Waals surface area (Å²) in [4.78, 5) is 2.10. The van der Waals surface area contributed by atoms with Crippen molar-refractivity contribution in [3.05, 3.63) is 53.6 Å². The fraction of sp³-hybridized carbons (Fsp3) is 0.294. The lowest BCUT2D eigenvalue weighted by Crippen LogP contribution is -2.09. The van der Waals surface area contributed by atoms with Crippen molar-refractivity contribution in [1.29, 1.82) is 0 Å². The summed E-state index contributed by atoms with van der Waals surface area (Å²) >= 11 is 0. The van der Waals surface area contributed by atoms with Gasteiger partial charge in [-0.25, -0.2) is 0 Å². The Morgan fingerprint density at radius 2 is 1.90 bits per heavy atom. The fourth-order valence-corrected chi connectivity index (χ4v) is 2.15. The first kappa shape index (κ1) is 14.3. The van der Waals surface area contributed by atoms with Gasteiger partial charge in [-0.1, -0.05) is 18.2 Å². The van der Waals surface area contributed by atoms with Gasteiger partial charge in [0, 0.05) is 32.0 Å². The largest absolute Gasteiger partial charge is 0.496 e. The number of nitrogens with zero attached hydrogens (tertiary/aromatic N) is 1. The molecule has 0 spiro atoms. The van der Waals surface area contributed by atoms with Crippen LogP contribution in [0.3, 0.4) is 0 Å². The Balaban J connectivity index is 2.05. The molecule has 0 heterocycles. The molecule has 0 aliphatic carbocycles. The second-order valence-electron chi connectivity index (χ2n) is 5.10. The van der Waals surface area contributed by atoms with Crippen LogP contribution in [-0.2, 0) is 6.54 Å². The molecule has 2 aromatic rings. The molecule has 0 unspecified atom stereocenters. The summed E-state index contributed by atoms with van der Waals surface area (Å²) < 4.78 is 5.28. The zero-order valence-electron chi connectivity index (χ0n) is 12.6. The maximum Gasteiger partial charge on any atom is 0.121 e. The fourth-order valence-electron chi connectivity index (χ4n) is 2.15. The Morgan fingerprint density at radius 1 is 1.10 bits per heavy atom. The highest BCUT2D eigenvalue weighted by Gasteiger charge is 2.01. The van der Waals surface area contributed by atoms with Crippen molar-refractivity contribution in [2.45, 2.75) is 13.5 Å². The van der Waals surface area contributed by atoms with Crippen LogP contribution in [-0.4, -0.2) is 21.2 Å².